The number of nitrogens with zero attached hydrogens (tertiary/aromatic N) is 2. The minimum absolute atomic E-state index is 0.155. The van der Waals surface area contributed by atoms with Crippen LogP contribution in [0.15, 0.2) is 85.3 Å². The molecule has 0 bridgehead atoms. The molecule has 0 fully saturated rings. The van der Waals surface area contributed by atoms with Crippen molar-refractivity contribution in [1.29, 1.82) is 0 Å². The van der Waals surface area contributed by atoms with Gasteiger partial charge in [-0.1, -0.05) is 60.7 Å². The second-order valence-corrected chi connectivity index (χ2v) is 6.82. The molecule has 0 aliphatic carbocycles. The molecule has 6 heteroatoms. The maximum Gasteiger partial charge on any atom is 0.359 e. The third-order valence-corrected chi connectivity index (χ3v) is 4.78. The van der Waals surface area contributed by atoms with Crippen LogP contribution in [-0.2, 0) is 16.0 Å². The Morgan fingerprint density at radius 3 is 2.57 bits per heavy atom. The number of rotatable bonds is 7. The van der Waals surface area contributed by atoms with E-state index in [-0.39, 0.29) is 18.2 Å². The summed E-state index contributed by atoms with van der Waals surface area (Å²) in [7, 11) is 0. The van der Waals surface area contributed by atoms with Crippen molar-refractivity contribution in [1.82, 2.24) is 14.9 Å². The quantitative estimate of drug-likeness (QED) is 0.483. The summed E-state index contributed by atoms with van der Waals surface area (Å²) >= 11 is 0. The Kier molecular flexibility index (Phi) is 5.85. The van der Waals surface area contributed by atoms with Crippen molar-refractivity contribution in [3.05, 3.63) is 96.6 Å². The summed E-state index contributed by atoms with van der Waals surface area (Å²) in [6.07, 6.45) is 3.81. The highest BCUT2D eigenvalue weighted by molar-refractivity contribution is 5.89. The Bertz CT molecular complexity index is 1160. The maximum absolute atomic E-state index is 12.2. The molecule has 6 nitrogen and oxygen atoms in total. The van der Waals surface area contributed by atoms with Crippen LogP contribution in [-0.4, -0.2) is 34.6 Å². The van der Waals surface area contributed by atoms with Crippen LogP contribution >= 0.6 is 0 Å². The molecule has 0 radical (unpaired) electrons. The van der Waals surface area contributed by atoms with Gasteiger partial charge in [0.05, 0.1) is 0 Å². The van der Waals surface area contributed by atoms with Gasteiger partial charge in [0.1, 0.15) is 6.33 Å². The SMILES string of the molecule is O=C(COC(=O)c1cn(-c2ccccc2)cn1)NCCc1cccc2ccccc12. The smallest absolute Gasteiger partial charge is 0.359 e. The normalized spacial score (nSPS) is 10.7. The first-order chi connectivity index (χ1) is 14.7. The van der Waals surface area contributed by atoms with Gasteiger partial charge in [0.25, 0.3) is 5.91 Å². The van der Waals surface area contributed by atoms with E-state index in [9.17, 15) is 9.59 Å². The Labute approximate surface area is 174 Å². The average Bonchev–Trinajstić information content (AvgIpc) is 3.29. The van der Waals surface area contributed by atoms with E-state index in [1.807, 2.05) is 48.5 Å². The Balaban J connectivity index is 1.26. The summed E-state index contributed by atoms with van der Waals surface area (Å²) < 4.78 is 6.81. The largest absolute Gasteiger partial charge is 0.451 e. The molecule has 0 aliphatic heterocycles. The molecule has 0 aliphatic rings. The molecule has 0 unspecified atom stereocenters. The Morgan fingerprint density at radius 2 is 1.70 bits per heavy atom. The molecule has 4 aromatic rings. The van der Waals surface area contributed by atoms with Crippen LogP contribution in [0.3, 0.4) is 0 Å². The number of benzene rings is 3. The Hall–Kier alpha value is -3.93. The number of carbonyl (C=O) groups excluding carboxylic acids is 2. The van der Waals surface area contributed by atoms with Crippen molar-refractivity contribution < 1.29 is 14.3 Å². The molecule has 0 atom stereocenters. The van der Waals surface area contributed by atoms with E-state index in [1.54, 1.807) is 10.8 Å². The highest BCUT2D eigenvalue weighted by Gasteiger charge is 2.13. The zero-order chi connectivity index (χ0) is 20.8. The van der Waals surface area contributed by atoms with Crippen molar-refractivity contribution in [3.63, 3.8) is 0 Å². The number of carbonyl (C=O) groups is 2. The van der Waals surface area contributed by atoms with Crippen molar-refractivity contribution in [2.24, 2.45) is 0 Å². The molecule has 1 aromatic heterocycles. The number of ether oxygens (including phenoxy) is 1. The number of para-hydroxylation sites is 1. The van der Waals surface area contributed by atoms with Crippen LogP contribution in [0.1, 0.15) is 16.1 Å². The second kappa shape index (κ2) is 9.05. The standard InChI is InChI=1S/C24H21N3O3/c28-23(25-14-13-19-9-6-8-18-7-4-5-12-21(18)19)16-30-24(29)22-15-27(17-26-22)20-10-2-1-3-11-20/h1-12,15,17H,13-14,16H2,(H,25,28). The van der Waals surface area contributed by atoms with Crippen molar-refractivity contribution in [2.45, 2.75) is 6.42 Å². The zero-order valence-corrected chi connectivity index (χ0v) is 16.3. The van der Waals surface area contributed by atoms with E-state index in [4.69, 9.17) is 4.74 Å². The lowest BCUT2D eigenvalue weighted by molar-refractivity contribution is -0.124. The van der Waals surface area contributed by atoms with Crippen molar-refractivity contribution in [3.8, 4) is 5.69 Å². The van der Waals surface area contributed by atoms with Gasteiger partial charge in [0, 0.05) is 18.4 Å². The lowest BCUT2D eigenvalue weighted by Gasteiger charge is -2.08. The number of amides is 1. The summed E-state index contributed by atoms with van der Waals surface area (Å²) in [6.45, 7) is 0.125. The van der Waals surface area contributed by atoms with Crippen LogP contribution in [0.25, 0.3) is 16.5 Å². The van der Waals surface area contributed by atoms with E-state index in [1.165, 1.54) is 17.1 Å². The van der Waals surface area contributed by atoms with Crippen molar-refractivity contribution in [2.75, 3.05) is 13.2 Å². The van der Waals surface area contributed by atoms with E-state index in [0.29, 0.717) is 13.0 Å². The third kappa shape index (κ3) is 4.55. The first-order valence-electron chi connectivity index (χ1n) is 9.70. The first-order valence-corrected chi connectivity index (χ1v) is 9.70. The number of nitrogens with one attached hydrogen (secondary N) is 1. The fourth-order valence-corrected chi connectivity index (χ4v) is 3.27. The summed E-state index contributed by atoms with van der Waals surface area (Å²) in [4.78, 5) is 28.3. The van der Waals surface area contributed by atoms with E-state index < -0.39 is 5.97 Å². The molecule has 1 N–H and O–H groups in total. The number of hydrogen-bond donors (Lipinski definition) is 1. The van der Waals surface area contributed by atoms with Crippen LogP contribution in [0.2, 0.25) is 0 Å². The summed E-state index contributed by atoms with van der Waals surface area (Å²) in [5.41, 5.74) is 2.20. The number of aromatic nitrogens is 2. The van der Waals surface area contributed by atoms with Gasteiger partial charge in [0.2, 0.25) is 0 Å². The molecule has 3 aromatic carbocycles. The molecule has 0 saturated heterocycles. The van der Waals surface area contributed by atoms with Crippen LogP contribution in [0.4, 0.5) is 0 Å². The predicted molar refractivity (Wildman–Crippen MR) is 115 cm³/mol. The van der Waals surface area contributed by atoms with Gasteiger partial charge in [0.15, 0.2) is 12.3 Å². The minimum atomic E-state index is -0.631. The molecular formula is C24H21N3O3. The molecule has 1 amide bonds. The predicted octanol–water partition coefficient (Wildman–Crippen LogP) is 3.54. The molecule has 150 valence electrons. The van der Waals surface area contributed by atoms with Gasteiger partial charge in [-0.25, -0.2) is 9.78 Å². The minimum Gasteiger partial charge on any atom is -0.451 e. The monoisotopic (exact) mass is 399 g/mol. The third-order valence-electron chi connectivity index (χ3n) is 4.78. The van der Waals surface area contributed by atoms with Gasteiger partial charge in [-0.3, -0.25) is 4.79 Å². The number of imidazole rings is 1. The molecule has 30 heavy (non-hydrogen) atoms. The zero-order valence-electron chi connectivity index (χ0n) is 16.3. The Morgan fingerprint density at radius 1 is 0.933 bits per heavy atom. The van der Waals surface area contributed by atoms with E-state index >= 15 is 0 Å². The highest BCUT2D eigenvalue weighted by atomic mass is 16.5. The summed E-state index contributed by atoms with van der Waals surface area (Å²) in [5, 5.41) is 5.14. The number of hydrogen-bond acceptors (Lipinski definition) is 4. The first kappa shape index (κ1) is 19.4. The molecule has 1 heterocycles. The lowest BCUT2D eigenvalue weighted by atomic mass is 10.0. The van der Waals surface area contributed by atoms with Gasteiger partial charge in [-0.2, -0.15) is 0 Å². The second-order valence-electron chi connectivity index (χ2n) is 6.82. The highest BCUT2D eigenvalue weighted by Crippen LogP contribution is 2.18. The van der Waals surface area contributed by atoms with Crippen LogP contribution in [0.5, 0.6) is 0 Å². The van der Waals surface area contributed by atoms with Crippen molar-refractivity contribution >= 4 is 22.6 Å². The molecular weight excluding hydrogens is 378 g/mol. The summed E-state index contributed by atoms with van der Waals surface area (Å²) in [6, 6.07) is 23.8. The molecule has 4 rings (SSSR count). The van der Waals surface area contributed by atoms with Gasteiger partial charge < -0.3 is 14.6 Å². The van der Waals surface area contributed by atoms with Gasteiger partial charge in [-0.05, 0) is 34.9 Å². The number of fused-ring (bicyclic) bond motifs is 1. The van der Waals surface area contributed by atoms with Crippen LogP contribution in [0, 0.1) is 0 Å². The topological polar surface area (TPSA) is 73.2 Å². The fourth-order valence-electron chi connectivity index (χ4n) is 3.27. The molecule has 0 spiro atoms. The van der Waals surface area contributed by atoms with Gasteiger partial charge in [-0.15, -0.1) is 0 Å². The van der Waals surface area contributed by atoms with E-state index in [0.717, 1.165) is 11.3 Å². The van der Waals surface area contributed by atoms with E-state index in [2.05, 4.69) is 34.6 Å². The molecule has 0 saturated carbocycles. The van der Waals surface area contributed by atoms with Gasteiger partial charge >= 0.3 is 5.97 Å². The lowest BCUT2D eigenvalue weighted by Crippen LogP contribution is -2.30. The average molecular weight is 399 g/mol. The maximum atomic E-state index is 12.2. The van der Waals surface area contributed by atoms with Crippen LogP contribution < -0.4 is 5.32 Å². The summed E-state index contributed by atoms with van der Waals surface area (Å²) in [5.74, 6) is -0.972. The fraction of sp³-hybridized carbons (Fsp3) is 0.125. The number of esters is 1.